The highest BCUT2D eigenvalue weighted by atomic mass is 32.2. The van der Waals surface area contributed by atoms with Gasteiger partial charge in [-0.15, -0.1) is 11.3 Å². The third kappa shape index (κ3) is 5.03. The molecular formula is C19H19NO7S2. The number of furan rings is 1. The fourth-order valence-corrected chi connectivity index (χ4v) is 4.67. The van der Waals surface area contributed by atoms with Crippen LogP contribution in [0.2, 0.25) is 0 Å². The highest BCUT2D eigenvalue weighted by Crippen LogP contribution is 2.27. The molecular weight excluding hydrogens is 418 g/mol. The summed E-state index contributed by atoms with van der Waals surface area (Å²) < 4.78 is 42.4. The Labute approximate surface area is 171 Å². The smallest absolute Gasteiger partial charge is 0.374 e. The topological polar surface area (TPSA) is 112 Å². The summed E-state index contributed by atoms with van der Waals surface area (Å²) in [5.41, 5.74) is 0.886. The SMILES string of the molecule is CCOC(=O)c1oc2ccccc2c1COC(=O)CCNS(=O)(=O)c1cccs1. The van der Waals surface area contributed by atoms with Gasteiger partial charge < -0.3 is 13.9 Å². The Hall–Kier alpha value is -2.69. The number of thiophene rings is 1. The largest absolute Gasteiger partial charge is 0.461 e. The molecule has 0 atom stereocenters. The first-order valence-electron chi connectivity index (χ1n) is 8.78. The summed E-state index contributed by atoms with van der Waals surface area (Å²) in [4.78, 5) is 24.2. The van der Waals surface area contributed by atoms with Gasteiger partial charge in [-0.1, -0.05) is 24.3 Å². The highest BCUT2D eigenvalue weighted by Gasteiger charge is 2.23. The van der Waals surface area contributed by atoms with Crippen LogP contribution in [0, 0.1) is 0 Å². The van der Waals surface area contributed by atoms with E-state index in [9.17, 15) is 18.0 Å². The van der Waals surface area contributed by atoms with E-state index < -0.39 is 22.0 Å². The van der Waals surface area contributed by atoms with Crippen molar-refractivity contribution in [3.8, 4) is 0 Å². The van der Waals surface area contributed by atoms with Crippen LogP contribution in [-0.4, -0.2) is 33.5 Å². The molecule has 2 aromatic heterocycles. The van der Waals surface area contributed by atoms with E-state index in [4.69, 9.17) is 13.9 Å². The van der Waals surface area contributed by atoms with Crippen molar-refractivity contribution in [1.82, 2.24) is 4.72 Å². The van der Waals surface area contributed by atoms with Crippen molar-refractivity contribution >= 4 is 44.3 Å². The molecule has 3 rings (SSSR count). The minimum absolute atomic E-state index is 0.0146. The predicted octanol–water partition coefficient (Wildman–Crippen LogP) is 3.08. The molecule has 1 N–H and O–H groups in total. The number of sulfonamides is 1. The number of benzene rings is 1. The first kappa shape index (κ1) is 21.0. The van der Waals surface area contributed by atoms with Gasteiger partial charge in [0.15, 0.2) is 0 Å². The number of fused-ring (bicyclic) bond motifs is 1. The van der Waals surface area contributed by atoms with E-state index in [1.54, 1.807) is 42.6 Å². The van der Waals surface area contributed by atoms with E-state index in [1.165, 1.54) is 6.07 Å². The molecule has 8 nitrogen and oxygen atoms in total. The standard InChI is InChI=1S/C19H19NO7S2/c1-2-25-19(22)18-14(13-6-3-4-7-15(13)27-18)12-26-16(21)9-10-20-29(23,24)17-8-5-11-28-17/h3-8,11,20H,2,9-10,12H2,1H3. The van der Waals surface area contributed by atoms with Crippen LogP contribution in [0.3, 0.4) is 0 Å². The van der Waals surface area contributed by atoms with E-state index in [1.807, 2.05) is 0 Å². The molecule has 0 unspecified atom stereocenters. The molecule has 0 spiro atoms. The maximum Gasteiger partial charge on any atom is 0.374 e. The Morgan fingerprint density at radius 3 is 2.66 bits per heavy atom. The second-order valence-electron chi connectivity index (χ2n) is 5.87. The molecule has 2 heterocycles. The minimum Gasteiger partial charge on any atom is -0.461 e. The monoisotopic (exact) mass is 437 g/mol. The lowest BCUT2D eigenvalue weighted by Crippen LogP contribution is -2.26. The normalized spacial score (nSPS) is 11.5. The van der Waals surface area contributed by atoms with Crippen LogP contribution in [-0.2, 0) is 30.9 Å². The second kappa shape index (κ2) is 9.21. The number of carbonyl (C=O) groups excluding carboxylic acids is 2. The van der Waals surface area contributed by atoms with Crippen molar-refractivity contribution in [3.05, 3.63) is 53.1 Å². The first-order chi connectivity index (χ1) is 13.9. The lowest BCUT2D eigenvalue weighted by Gasteiger charge is -2.07. The van der Waals surface area contributed by atoms with Crippen molar-refractivity contribution in [3.63, 3.8) is 0 Å². The van der Waals surface area contributed by atoms with Crippen LogP contribution >= 0.6 is 11.3 Å². The van der Waals surface area contributed by atoms with Gasteiger partial charge in [0.25, 0.3) is 0 Å². The third-order valence-electron chi connectivity index (χ3n) is 3.92. The van der Waals surface area contributed by atoms with Crippen LogP contribution in [0.4, 0.5) is 0 Å². The van der Waals surface area contributed by atoms with Crippen molar-refractivity contribution in [2.45, 2.75) is 24.2 Å². The van der Waals surface area contributed by atoms with Gasteiger partial charge in [0.2, 0.25) is 15.8 Å². The molecule has 3 aromatic rings. The quantitative estimate of drug-likeness (QED) is 0.512. The second-order valence-corrected chi connectivity index (χ2v) is 8.81. The summed E-state index contributed by atoms with van der Waals surface area (Å²) in [6, 6.07) is 10.1. The van der Waals surface area contributed by atoms with E-state index in [2.05, 4.69) is 4.72 Å². The Balaban J connectivity index is 1.62. The van der Waals surface area contributed by atoms with Crippen LogP contribution in [0.5, 0.6) is 0 Å². The number of hydrogen-bond acceptors (Lipinski definition) is 8. The average molecular weight is 437 g/mol. The Bertz CT molecular complexity index is 1100. The van der Waals surface area contributed by atoms with Crippen LogP contribution in [0.25, 0.3) is 11.0 Å². The van der Waals surface area contributed by atoms with E-state index in [0.717, 1.165) is 11.3 Å². The van der Waals surface area contributed by atoms with Crippen LogP contribution < -0.4 is 4.72 Å². The Morgan fingerprint density at radius 2 is 1.93 bits per heavy atom. The molecule has 29 heavy (non-hydrogen) atoms. The number of para-hydroxylation sites is 1. The van der Waals surface area contributed by atoms with Crippen LogP contribution in [0.15, 0.2) is 50.4 Å². The van der Waals surface area contributed by atoms with Crippen molar-refractivity contribution < 1.29 is 31.9 Å². The molecule has 0 fully saturated rings. The maximum absolute atomic E-state index is 12.1. The van der Waals surface area contributed by atoms with Gasteiger partial charge in [-0.3, -0.25) is 4.79 Å². The Kier molecular flexibility index (Phi) is 6.68. The first-order valence-corrected chi connectivity index (χ1v) is 11.1. The van der Waals surface area contributed by atoms with E-state index in [-0.39, 0.29) is 36.1 Å². The fraction of sp³-hybridized carbons (Fsp3) is 0.263. The molecule has 0 radical (unpaired) electrons. The van der Waals surface area contributed by atoms with Crippen molar-refractivity contribution in [2.75, 3.05) is 13.2 Å². The Morgan fingerprint density at radius 1 is 1.14 bits per heavy atom. The van der Waals surface area contributed by atoms with Crippen molar-refractivity contribution in [1.29, 1.82) is 0 Å². The number of hydrogen-bond donors (Lipinski definition) is 1. The molecule has 1 aromatic carbocycles. The molecule has 0 amide bonds. The zero-order valence-corrected chi connectivity index (χ0v) is 17.2. The van der Waals surface area contributed by atoms with Crippen molar-refractivity contribution in [2.24, 2.45) is 0 Å². The molecule has 0 aliphatic rings. The van der Waals surface area contributed by atoms with Gasteiger partial charge in [0.05, 0.1) is 18.6 Å². The fourth-order valence-electron chi connectivity index (χ4n) is 2.60. The number of nitrogens with one attached hydrogen (secondary N) is 1. The van der Waals surface area contributed by atoms with Gasteiger partial charge in [-0.25, -0.2) is 17.9 Å². The van der Waals surface area contributed by atoms with Gasteiger partial charge in [-0.05, 0) is 24.4 Å². The minimum atomic E-state index is -3.64. The summed E-state index contributed by atoms with van der Waals surface area (Å²) >= 11 is 1.09. The number of ether oxygens (including phenoxy) is 2. The molecule has 0 aliphatic heterocycles. The summed E-state index contributed by atoms with van der Waals surface area (Å²) in [6.07, 6.45) is -0.158. The average Bonchev–Trinajstić information content (AvgIpc) is 3.35. The number of carbonyl (C=O) groups is 2. The highest BCUT2D eigenvalue weighted by molar-refractivity contribution is 7.91. The summed E-state index contributed by atoms with van der Waals surface area (Å²) in [5.74, 6) is -1.27. The van der Waals surface area contributed by atoms with Gasteiger partial charge in [0, 0.05) is 11.9 Å². The van der Waals surface area contributed by atoms with E-state index >= 15 is 0 Å². The molecule has 10 heteroatoms. The lowest BCUT2D eigenvalue weighted by molar-refractivity contribution is -0.144. The molecule has 0 aliphatic carbocycles. The van der Waals surface area contributed by atoms with Crippen LogP contribution in [0.1, 0.15) is 29.5 Å². The summed E-state index contributed by atoms with van der Waals surface area (Å²) in [5, 5.41) is 2.29. The van der Waals surface area contributed by atoms with Gasteiger partial charge in [-0.2, -0.15) is 0 Å². The van der Waals surface area contributed by atoms with Gasteiger partial charge in [0.1, 0.15) is 16.4 Å². The molecule has 154 valence electrons. The number of esters is 2. The summed E-state index contributed by atoms with van der Waals surface area (Å²) in [6.45, 7) is 1.56. The molecule has 0 bridgehead atoms. The number of rotatable bonds is 9. The summed E-state index contributed by atoms with van der Waals surface area (Å²) in [7, 11) is -3.64. The molecule has 0 saturated heterocycles. The van der Waals surface area contributed by atoms with Gasteiger partial charge >= 0.3 is 11.9 Å². The zero-order valence-electron chi connectivity index (χ0n) is 15.5. The maximum atomic E-state index is 12.1. The predicted molar refractivity (Wildman–Crippen MR) is 106 cm³/mol. The molecule has 0 saturated carbocycles. The zero-order chi connectivity index (χ0) is 20.9. The third-order valence-corrected chi connectivity index (χ3v) is 6.78. The van der Waals surface area contributed by atoms with E-state index in [0.29, 0.717) is 16.5 Å². The lowest BCUT2D eigenvalue weighted by atomic mass is 10.1.